The zero-order valence-corrected chi connectivity index (χ0v) is 9.99. The average Bonchev–Trinajstić information content (AvgIpc) is 2.74. The minimum Gasteiger partial charge on any atom is -0.204 e. The second-order valence-corrected chi connectivity index (χ2v) is 4.79. The maximum Gasteiger partial charge on any atom is 0.159 e. The normalized spacial score (nSPS) is 12.7. The molecule has 2 aromatic rings. The molecule has 0 radical (unpaired) electrons. The van der Waals surface area contributed by atoms with Gasteiger partial charge < -0.3 is 0 Å². The zero-order valence-electron chi connectivity index (χ0n) is 7.58. The lowest BCUT2D eigenvalue weighted by Gasteiger charge is -2.08. The molecule has 1 unspecified atom stereocenters. The van der Waals surface area contributed by atoms with E-state index >= 15 is 0 Å². The van der Waals surface area contributed by atoms with Gasteiger partial charge in [-0.15, -0.1) is 0 Å². The first kappa shape index (κ1) is 10.8. The molecule has 1 atom stereocenters. The van der Waals surface area contributed by atoms with Gasteiger partial charge in [-0.05, 0) is 40.1 Å². The smallest absolute Gasteiger partial charge is 0.159 e. The third-order valence-electron chi connectivity index (χ3n) is 2.07. The highest BCUT2D eigenvalue weighted by molar-refractivity contribution is 9.09. The molecule has 0 aliphatic rings. The predicted octanol–water partition coefficient (Wildman–Crippen LogP) is 4.51. The molecular weight excluding hydrogens is 282 g/mol. The summed E-state index contributed by atoms with van der Waals surface area (Å²) in [7, 11) is 0. The van der Waals surface area contributed by atoms with E-state index in [0.29, 0.717) is 5.56 Å². The largest absolute Gasteiger partial charge is 0.204 e. The van der Waals surface area contributed by atoms with Crippen LogP contribution >= 0.6 is 27.3 Å². The highest BCUT2D eigenvalue weighted by Gasteiger charge is 2.12. The number of hydrogen-bond donors (Lipinski definition) is 0. The lowest BCUT2D eigenvalue weighted by molar-refractivity contribution is 0.507. The fraction of sp³-hybridized carbons (Fsp3) is 0.0909. The van der Waals surface area contributed by atoms with Crippen molar-refractivity contribution in [2.24, 2.45) is 0 Å². The Bertz CT molecular complexity index is 454. The minimum atomic E-state index is -0.816. The van der Waals surface area contributed by atoms with E-state index in [9.17, 15) is 8.78 Å². The van der Waals surface area contributed by atoms with Crippen molar-refractivity contribution >= 4 is 27.3 Å². The van der Waals surface area contributed by atoms with Gasteiger partial charge in [0.1, 0.15) is 0 Å². The third-order valence-corrected chi connectivity index (χ3v) is 3.83. The monoisotopic (exact) mass is 288 g/mol. The lowest BCUT2D eigenvalue weighted by atomic mass is 10.1. The highest BCUT2D eigenvalue weighted by atomic mass is 79.9. The molecule has 0 aliphatic carbocycles. The van der Waals surface area contributed by atoms with Crippen molar-refractivity contribution in [1.29, 1.82) is 0 Å². The van der Waals surface area contributed by atoms with Gasteiger partial charge in [0.15, 0.2) is 11.6 Å². The summed E-state index contributed by atoms with van der Waals surface area (Å²) in [5.74, 6) is -1.63. The van der Waals surface area contributed by atoms with Crippen LogP contribution in [0.1, 0.15) is 16.0 Å². The van der Waals surface area contributed by atoms with Gasteiger partial charge in [-0.1, -0.05) is 22.0 Å². The van der Waals surface area contributed by atoms with E-state index in [0.717, 1.165) is 11.6 Å². The number of alkyl halides is 1. The van der Waals surface area contributed by atoms with Crippen molar-refractivity contribution in [1.82, 2.24) is 0 Å². The zero-order chi connectivity index (χ0) is 10.8. The molecule has 2 rings (SSSR count). The van der Waals surface area contributed by atoms with E-state index in [1.807, 2.05) is 16.8 Å². The van der Waals surface area contributed by atoms with Crippen LogP contribution in [0.15, 0.2) is 35.0 Å². The summed E-state index contributed by atoms with van der Waals surface area (Å²) in [5.41, 5.74) is 1.76. The molecule has 15 heavy (non-hydrogen) atoms. The number of hydrogen-bond acceptors (Lipinski definition) is 1. The van der Waals surface area contributed by atoms with Crippen LogP contribution in [0, 0.1) is 11.6 Å². The summed E-state index contributed by atoms with van der Waals surface area (Å²) in [6, 6.07) is 5.89. The van der Waals surface area contributed by atoms with Crippen molar-refractivity contribution < 1.29 is 8.78 Å². The molecule has 1 aromatic carbocycles. The molecule has 0 fully saturated rings. The minimum absolute atomic E-state index is 0.0844. The summed E-state index contributed by atoms with van der Waals surface area (Å²) in [5, 5.41) is 3.92. The van der Waals surface area contributed by atoms with Gasteiger partial charge in [0.2, 0.25) is 0 Å². The third kappa shape index (κ3) is 2.26. The molecule has 1 aromatic heterocycles. The molecule has 0 amide bonds. The van der Waals surface area contributed by atoms with Crippen LogP contribution in [0.4, 0.5) is 8.78 Å². The Morgan fingerprint density at radius 2 is 1.87 bits per heavy atom. The van der Waals surface area contributed by atoms with E-state index < -0.39 is 11.6 Å². The molecule has 0 saturated heterocycles. The predicted molar refractivity (Wildman–Crippen MR) is 61.4 cm³/mol. The SMILES string of the molecule is Fc1ccc(C(Br)c2ccsc2)cc1F. The number of benzene rings is 1. The van der Waals surface area contributed by atoms with Crippen LogP contribution in [-0.4, -0.2) is 0 Å². The Morgan fingerprint density at radius 3 is 2.47 bits per heavy atom. The molecule has 0 spiro atoms. The fourth-order valence-electron chi connectivity index (χ4n) is 1.28. The van der Waals surface area contributed by atoms with E-state index in [-0.39, 0.29) is 4.83 Å². The van der Waals surface area contributed by atoms with Gasteiger partial charge in [0.25, 0.3) is 0 Å². The van der Waals surface area contributed by atoms with Crippen molar-refractivity contribution in [3.05, 3.63) is 57.8 Å². The molecule has 0 saturated carbocycles. The molecule has 4 heteroatoms. The van der Waals surface area contributed by atoms with Gasteiger partial charge in [-0.3, -0.25) is 0 Å². The first-order valence-electron chi connectivity index (χ1n) is 4.29. The van der Waals surface area contributed by atoms with Crippen LogP contribution in [0.2, 0.25) is 0 Å². The van der Waals surface area contributed by atoms with Crippen molar-refractivity contribution in [3.63, 3.8) is 0 Å². The Hall–Kier alpha value is -0.740. The lowest BCUT2D eigenvalue weighted by Crippen LogP contribution is -1.93. The number of rotatable bonds is 2. The maximum atomic E-state index is 13.0. The molecule has 78 valence electrons. The summed E-state index contributed by atoms with van der Waals surface area (Å²) in [6.07, 6.45) is 0. The molecule has 1 heterocycles. The molecule has 0 bridgehead atoms. The van der Waals surface area contributed by atoms with Gasteiger partial charge >= 0.3 is 0 Å². The Morgan fingerprint density at radius 1 is 1.07 bits per heavy atom. The summed E-state index contributed by atoms with van der Waals surface area (Å²) < 4.78 is 25.7. The number of halogens is 3. The van der Waals surface area contributed by atoms with Crippen LogP contribution < -0.4 is 0 Å². The fourth-order valence-corrected chi connectivity index (χ4v) is 2.71. The Kier molecular flexibility index (Phi) is 3.17. The van der Waals surface area contributed by atoms with E-state index in [1.165, 1.54) is 6.07 Å². The Labute approximate surface area is 98.7 Å². The highest BCUT2D eigenvalue weighted by Crippen LogP contribution is 2.32. The van der Waals surface area contributed by atoms with Crippen molar-refractivity contribution in [3.8, 4) is 0 Å². The molecule has 0 nitrogen and oxygen atoms in total. The van der Waals surface area contributed by atoms with Crippen LogP contribution in [-0.2, 0) is 0 Å². The van der Waals surface area contributed by atoms with Gasteiger partial charge in [-0.25, -0.2) is 8.78 Å². The standard InChI is InChI=1S/C11H7BrF2S/c12-11(8-3-4-15-6-8)7-1-2-9(13)10(14)5-7/h1-6,11H. The first-order chi connectivity index (χ1) is 7.18. The quantitative estimate of drug-likeness (QED) is 0.713. The van der Waals surface area contributed by atoms with E-state index in [4.69, 9.17) is 0 Å². The van der Waals surface area contributed by atoms with Crippen LogP contribution in [0.3, 0.4) is 0 Å². The first-order valence-corrected chi connectivity index (χ1v) is 6.15. The van der Waals surface area contributed by atoms with Crippen molar-refractivity contribution in [2.45, 2.75) is 4.83 Å². The van der Waals surface area contributed by atoms with Crippen molar-refractivity contribution in [2.75, 3.05) is 0 Å². The summed E-state index contributed by atoms with van der Waals surface area (Å²) in [6.45, 7) is 0. The maximum absolute atomic E-state index is 13.0. The van der Waals surface area contributed by atoms with Crippen LogP contribution in [0.25, 0.3) is 0 Å². The van der Waals surface area contributed by atoms with Gasteiger partial charge in [0, 0.05) is 0 Å². The van der Waals surface area contributed by atoms with Crippen LogP contribution in [0.5, 0.6) is 0 Å². The molecule has 0 aliphatic heterocycles. The van der Waals surface area contributed by atoms with Gasteiger partial charge in [-0.2, -0.15) is 11.3 Å². The number of thiophene rings is 1. The second kappa shape index (κ2) is 4.41. The van der Waals surface area contributed by atoms with E-state index in [1.54, 1.807) is 17.4 Å². The second-order valence-electron chi connectivity index (χ2n) is 3.09. The summed E-state index contributed by atoms with van der Waals surface area (Å²) >= 11 is 5.02. The average molecular weight is 289 g/mol. The Balaban J connectivity index is 2.34. The van der Waals surface area contributed by atoms with Gasteiger partial charge in [0.05, 0.1) is 4.83 Å². The molecule has 0 N–H and O–H groups in total. The molecular formula is C11H7BrF2S. The topological polar surface area (TPSA) is 0 Å². The van der Waals surface area contributed by atoms with E-state index in [2.05, 4.69) is 15.9 Å². The summed E-state index contributed by atoms with van der Waals surface area (Å²) in [4.78, 5) is -0.0844.